The number of halogens is 4. The molecule has 4 unspecified atom stereocenters. The van der Waals surface area contributed by atoms with E-state index in [-0.39, 0.29) is 47.9 Å². The van der Waals surface area contributed by atoms with Gasteiger partial charge in [-0.1, -0.05) is 0 Å². The number of hydrogen-bond acceptors (Lipinski definition) is 13. The van der Waals surface area contributed by atoms with Gasteiger partial charge in [0.05, 0.1) is 49.7 Å². The summed E-state index contributed by atoms with van der Waals surface area (Å²) in [6.07, 6.45) is -5.35. The van der Waals surface area contributed by atoms with E-state index in [2.05, 4.69) is 25.3 Å². The highest BCUT2D eigenvalue weighted by Crippen LogP contribution is 2.35. The molecular formula is C30H34F4N8O6. The van der Waals surface area contributed by atoms with E-state index in [0.29, 0.717) is 29.9 Å². The number of anilines is 2. The topological polar surface area (TPSA) is 197 Å². The van der Waals surface area contributed by atoms with Crippen molar-refractivity contribution in [1.29, 1.82) is 0 Å². The van der Waals surface area contributed by atoms with Crippen LogP contribution >= 0.6 is 0 Å². The summed E-state index contributed by atoms with van der Waals surface area (Å²) in [5.74, 6) is -1.73. The first-order chi connectivity index (χ1) is 22.9. The van der Waals surface area contributed by atoms with Crippen LogP contribution in [0.1, 0.15) is 18.4 Å². The van der Waals surface area contributed by atoms with Crippen LogP contribution in [0.5, 0.6) is 5.75 Å². The minimum atomic E-state index is -3.06. The van der Waals surface area contributed by atoms with Crippen molar-refractivity contribution in [2.75, 3.05) is 37.0 Å². The van der Waals surface area contributed by atoms with E-state index < -0.39 is 60.8 Å². The molecule has 0 radical (unpaired) electrons. The maximum atomic E-state index is 15.1. The Balaban J connectivity index is 1.38. The maximum absolute atomic E-state index is 15.1. The van der Waals surface area contributed by atoms with Gasteiger partial charge in [0.1, 0.15) is 36.6 Å². The molecule has 0 bridgehead atoms. The molecule has 14 nitrogen and oxygen atoms in total. The summed E-state index contributed by atoms with van der Waals surface area (Å²) < 4.78 is 68.9. The molecule has 0 aliphatic carbocycles. The fourth-order valence-corrected chi connectivity index (χ4v) is 6.18. The Morgan fingerprint density at radius 3 is 2.62 bits per heavy atom. The number of hydrogen-bond donors (Lipinski definition) is 6. The summed E-state index contributed by atoms with van der Waals surface area (Å²) >= 11 is 0. The lowest BCUT2D eigenvalue weighted by atomic mass is 9.84. The van der Waals surface area contributed by atoms with Gasteiger partial charge in [-0.05, 0) is 30.5 Å². The Kier molecular flexibility index (Phi) is 9.38. The van der Waals surface area contributed by atoms with E-state index in [1.165, 1.54) is 32.0 Å². The van der Waals surface area contributed by atoms with E-state index in [1.807, 2.05) is 0 Å². The number of nitrogens with two attached hydrogens (primary N) is 1. The fraction of sp³-hybridized carbons (Fsp3) is 0.467. The number of aromatic nitrogens is 5. The molecule has 4 aromatic rings. The zero-order chi connectivity index (χ0) is 34.3. The first-order valence-corrected chi connectivity index (χ1v) is 15.0. The summed E-state index contributed by atoms with van der Waals surface area (Å²) in [5, 5.41) is 43.1. The number of nitrogens with zero attached hydrogens (tertiary/aromatic N) is 6. The van der Waals surface area contributed by atoms with Gasteiger partial charge in [0.2, 0.25) is 0 Å². The van der Waals surface area contributed by atoms with E-state index in [0.717, 1.165) is 12.1 Å². The number of aliphatic hydroxyl groups excluding tert-OH is 4. The molecule has 18 heteroatoms. The second-order valence-corrected chi connectivity index (χ2v) is 11.9. The molecule has 0 saturated carbocycles. The second kappa shape index (κ2) is 13.4. The lowest BCUT2D eigenvalue weighted by Crippen LogP contribution is -2.63. The van der Waals surface area contributed by atoms with Crippen molar-refractivity contribution in [2.45, 2.75) is 62.0 Å². The molecule has 258 valence electrons. The molecule has 3 aromatic heterocycles. The van der Waals surface area contributed by atoms with Crippen LogP contribution in [0.4, 0.5) is 29.1 Å². The zero-order valence-electron chi connectivity index (χ0n) is 25.5. The molecule has 2 fully saturated rings. The minimum absolute atomic E-state index is 0.0252. The largest absolute Gasteiger partial charge is 0.494 e. The third kappa shape index (κ3) is 6.22. The molecule has 7 N–H and O–H groups in total. The number of benzene rings is 1. The number of piperidine rings is 1. The Hall–Kier alpha value is -4.20. The predicted molar refractivity (Wildman–Crippen MR) is 162 cm³/mol. The van der Waals surface area contributed by atoms with Gasteiger partial charge in [-0.25, -0.2) is 32.5 Å². The van der Waals surface area contributed by atoms with Crippen LogP contribution in [-0.2, 0) is 11.3 Å². The van der Waals surface area contributed by atoms with Crippen LogP contribution in [0.25, 0.3) is 22.4 Å². The monoisotopic (exact) mass is 678 g/mol. The fourth-order valence-electron chi connectivity index (χ4n) is 6.18. The summed E-state index contributed by atoms with van der Waals surface area (Å²) in [7, 11) is 1.21. The Bertz CT molecular complexity index is 1780. The molecular weight excluding hydrogens is 644 g/mol. The summed E-state index contributed by atoms with van der Waals surface area (Å²) in [5.41, 5.74) is 6.11. The molecule has 0 spiro atoms. The number of rotatable bonds is 10. The highest BCUT2D eigenvalue weighted by Gasteiger charge is 2.44. The quantitative estimate of drug-likeness (QED) is 0.130. The third-order valence-electron chi connectivity index (χ3n) is 8.77. The molecule has 48 heavy (non-hydrogen) atoms. The lowest BCUT2D eigenvalue weighted by Gasteiger charge is -2.44. The second-order valence-electron chi connectivity index (χ2n) is 11.9. The van der Waals surface area contributed by atoms with E-state index in [1.54, 1.807) is 9.47 Å². The van der Waals surface area contributed by atoms with Gasteiger partial charge in [-0.3, -0.25) is 4.98 Å². The van der Waals surface area contributed by atoms with Crippen molar-refractivity contribution in [3.63, 3.8) is 0 Å². The Labute approximate surface area is 270 Å². The number of methoxy groups -OCH3 is 1. The lowest BCUT2D eigenvalue weighted by molar-refractivity contribution is -0.0529. The molecule has 2 aliphatic heterocycles. The van der Waals surface area contributed by atoms with Gasteiger partial charge < -0.3 is 50.4 Å². The van der Waals surface area contributed by atoms with Crippen LogP contribution in [0.3, 0.4) is 0 Å². The summed E-state index contributed by atoms with van der Waals surface area (Å²) in [6.45, 7) is -0.239. The van der Waals surface area contributed by atoms with Crippen molar-refractivity contribution in [3.05, 3.63) is 54.2 Å². The van der Waals surface area contributed by atoms with Crippen LogP contribution in [0.15, 0.2) is 37.1 Å². The normalized spacial score (nSPS) is 25.2. The average Bonchev–Trinajstić information content (AvgIpc) is 3.61. The number of nitrogens with one attached hydrogen (secondary N) is 1. The van der Waals surface area contributed by atoms with Crippen molar-refractivity contribution in [3.8, 4) is 17.0 Å². The van der Waals surface area contributed by atoms with Gasteiger partial charge in [0.25, 0.3) is 6.43 Å². The Morgan fingerprint density at radius 2 is 1.92 bits per heavy atom. The number of fused-ring (bicyclic) bond motifs is 1. The van der Waals surface area contributed by atoms with Crippen LogP contribution in [0.2, 0.25) is 0 Å². The highest BCUT2D eigenvalue weighted by molar-refractivity contribution is 5.83. The van der Waals surface area contributed by atoms with Crippen LogP contribution in [-0.4, -0.2) is 114 Å². The van der Waals surface area contributed by atoms with E-state index >= 15 is 4.39 Å². The van der Waals surface area contributed by atoms with E-state index in [4.69, 9.17) is 15.2 Å². The van der Waals surface area contributed by atoms with Crippen LogP contribution < -0.4 is 20.7 Å². The summed E-state index contributed by atoms with van der Waals surface area (Å²) in [4.78, 5) is 19.0. The molecule has 2 aliphatic rings. The standard InChI is InChI=1S/C30H34F4N8O6/c1-47-20-7-16(31)15(6-17(20)32)18-5-14(19(8-36-18)41-4-2-3-30(35,11-41)25(46)26(33)34)9-42-13-39-22-27(37-12-38-28(22)42)40-29-24(45)23(44)21(10-43)48-29/h5-8,12-13,21,23-26,29,43-46H,2-4,9-11,35H2,1H3,(H,37,38,40)/t21?,23?,24?,25-,29?,30-/m1/s1. The third-order valence-corrected chi connectivity index (χ3v) is 8.77. The van der Waals surface area contributed by atoms with Gasteiger partial charge in [-0.2, -0.15) is 0 Å². The van der Waals surface area contributed by atoms with Crippen molar-refractivity contribution >= 4 is 22.7 Å². The molecule has 2 saturated heterocycles. The van der Waals surface area contributed by atoms with Crippen molar-refractivity contribution < 1.29 is 47.5 Å². The minimum Gasteiger partial charge on any atom is -0.494 e. The van der Waals surface area contributed by atoms with Gasteiger partial charge in [0, 0.05) is 24.7 Å². The number of imidazole rings is 1. The molecule has 6 atom stereocenters. The highest BCUT2D eigenvalue weighted by atomic mass is 19.3. The molecule has 6 rings (SSSR count). The first kappa shape index (κ1) is 33.7. The maximum Gasteiger partial charge on any atom is 0.265 e. The smallest absolute Gasteiger partial charge is 0.265 e. The van der Waals surface area contributed by atoms with Gasteiger partial charge >= 0.3 is 0 Å². The molecule has 0 amide bonds. The average molecular weight is 679 g/mol. The number of ether oxygens (including phenoxy) is 2. The summed E-state index contributed by atoms with van der Waals surface area (Å²) in [6, 6.07) is 3.39. The van der Waals surface area contributed by atoms with Crippen LogP contribution in [0, 0.1) is 11.6 Å². The number of aliphatic hydroxyl groups is 4. The molecule has 1 aromatic carbocycles. The van der Waals surface area contributed by atoms with Crippen molar-refractivity contribution in [1.82, 2.24) is 24.5 Å². The SMILES string of the molecule is COc1cc(F)c(-c2cc(Cn3cnc4c(NC5OC(CO)C(O)C5O)ncnc43)c(N3CCC[C@](N)([C@H](O)C(F)F)C3)cn2)cc1F. The number of alkyl halides is 2. The van der Waals surface area contributed by atoms with Crippen molar-refractivity contribution in [2.24, 2.45) is 5.73 Å². The van der Waals surface area contributed by atoms with Gasteiger partial charge in [0.15, 0.2) is 34.8 Å². The van der Waals surface area contributed by atoms with E-state index in [9.17, 15) is 33.6 Å². The number of pyridine rings is 1. The van der Waals surface area contributed by atoms with Gasteiger partial charge in [-0.15, -0.1) is 0 Å². The first-order valence-electron chi connectivity index (χ1n) is 15.0. The predicted octanol–water partition coefficient (Wildman–Crippen LogP) is 0.998. The molecule has 5 heterocycles. The Morgan fingerprint density at radius 1 is 1.12 bits per heavy atom. The zero-order valence-corrected chi connectivity index (χ0v) is 25.5.